The molecule has 1 aromatic heterocycles. The third-order valence-electron chi connectivity index (χ3n) is 8.57. The van der Waals surface area contributed by atoms with Gasteiger partial charge in [0.2, 0.25) is 0 Å². The second kappa shape index (κ2) is 12.1. The first-order chi connectivity index (χ1) is 20.3. The second-order valence-electron chi connectivity index (χ2n) is 11.0. The number of benzene rings is 2. The van der Waals surface area contributed by atoms with E-state index in [0.717, 1.165) is 57.8 Å². The number of carbonyl (C=O) groups excluding carboxylic acids is 2. The van der Waals surface area contributed by atoms with Crippen LogP contribution in [0.25, 0.3) is 0 Å². The van der Waals surface area contributed by atoms with Crippen LogP contribution < -0.4 is 19.9 Å². The lowest BCUT2D eigenvalue weighted by Gasteiger charge is -2.41. The van der Waals surface area contributed by atoms with E-state index in [4.69, 9.17) is 9.72 Å². The summed E-state index contributed by atoms with van der Waals surface area (Å²) >= 11 is 2.40. The molecule has 2 fully saturated rings. The van der Waals surface area contributed by atoms with Crippen molar-refractivity contribution in [2.75, 3.05) is 75.6 Å². The predicted molar refractivity (Wildman–Crippen MR) is 174 cm³/mol. The summed E-state index contributed by atoms with van der Waals surface area (Å²) in [5.74, 6) is 1.78. The molecule has 10 nitrogen and oxygen atoms in total. The van der Waals surface area contributed by atoms with Gasteiger partial charge >= 0.3 is 0 Å². The summed E-state index contributed by atoms with van der Waals surface area (Å²) in [7, 11) is 5.28. The fourth-order valence-electron chi connectivity index (χ4n) is 6.12. The SMILES string of the molecule is COc1cc(C(=O)N2CCC(N3CCN(I)CC3)CC2)ccc1Nc1ccc2c(n1)N(C)c1ccccc1C(=O)N2C. The summed E-state index contributed by atoms with van der Waals surface area (Å²) in [5, 5.41) is 3.35. The highest BCUT2D eigenvalue weighted by molar-refractivity contribution is 14.1. The molecule has 3 aliphatic rings. The van der Waals surface area contributed by atoms with Gasteiger partial charge in [0, 0.05) is 87.8 Å². The highest BCUT2D eigenvalue weighted by Crippen LogP contribution is 2.39. The number of piperidine rings is 1. The molecular formula is C31H36IN7O3. The maximum absolute atomic E-state index is 13.4. The van der Waals surface area contributed by atoms with Crippen LogP contribution in [0.5, 0.6) is 5.75 Å². The third-order valence-corrected chi connectivity index (χ3v) is 9.54. The van der Waals surface area contributed by atoms with Crippen molar-refractivity contribution in [2.45, 2.75) is 18.9 Å². The van der Waals surface area contributed by atoms with E-state index >= 15 is 0 Å². The highest BCUT2D eigenvalue weighted by atomic mass is 127. The van der Waals surface area contributed by atoms with Gasteiger partial charge in [-0.25, -0.2) is 8.10 Å². The van der Waals surface area contributed by atoms with E-state index in [9.17, 15) is 9.59 Å². The lowest BCUT2D eigenvalue weighted by atomic mass is 10.0. The molecule has 0 bridgehead atoms. The summed E-state index contributed by atoms with van der Waals surface area (Å²) in [4.78, 5) is 39.5. The molecule has 1 N–H and O–H groups in total. The zero-order valence-electron chi connectivity index (χ0n) is 24.2. The predicted octanol–water partition coefficient (Wildman–Crippen LogP) is 4.76. The zero-order valence-corrected chi connectivity index (χ0v) is 26.4. The number of nitrogens with zero attached hydrogens (tertiary/aromatic N) is 6. The number of anilines is 5. The molecule has 2 amide bonds. The minimum absolute atomic E-state index is 0.0338. The molecule has 2 saturated heterocycles. The molecule has 4 heterocycles. The van der Waals surface area contributed by atoms with Gasteiger partial charge in [-0.05, 0) is 55.3 Å². The van der Waals surface area contributed by atoms with Gasteiger partial charge in [0.05, 0.1) is 29.7 Å². The van der Waals surface area contributed by atoms with Crippen LogP contribution >= 0.6 is 22.9 Å². The van der Waals surface area contributed by atoms with Crippen LogP contribution in [0.1, 0.15) is 33.6 Å². The summed E-state index contributed by atoms with van der Waals surface area (Å²) in [5.41, 5.74) is 3.45. The second-order valence-corrected chi connectivity index (χ2v) is 12.4. The molecule has 11 heteroatoms. The van der Waals surface area contributed by atoms with Crippen LogP contribution in [0.15, 0.2) is 54.6 Å². The molecule has 0 unspecified atom stereocenters. The topological polar surface area (TPSA) is 84.5 Å². The van der Waals surface area contributed by atoms with Crippen LogP contribution in [0, 0.1) is 0 Å². The van der Waals surface area contributed by atoms with Crippen molar-refractivity contribution in [3.8, 4) is 5.75 Å². The van der Waals surface area contributed by atoms with Crippen molar-refractivity contribution >= 4 is 63.4 Å². The molecule has 0 spiro atoms. The van der Waals surface area contributed by atoms with Crippen LogP contribution in [0.2, 0.25) is 0 Å². The van der Waals surface area contributed by atoms with Gasteiger partial charge in [-0.1, -0.05) is 12.1 Å². The lowest BCUT2D eigenvalue weighted by Crippen LogP contribution is -2.52. The molecule has 0 radical (unpaired) electrons. The number of aromatic nitrogens is 1. The zero-order chi connectivity index (χ0) is 29.4. The number of fused-ring (bicyclic) bond motifs is 2. The number of methoxy groups -OCH3 is 1. The number of amides is 2. The Hall–Kier alpha value is -3.42. The number of pyridine rings is 1. The summed E-state index contributed by atoms with van der Waals surface area (Å²) in [6.07, 6.45) is 2.01. The molecule has 0 atom stereocenters. The molecule has 42 heavy (non-hydrogen) atoms. The molecule has 2 aromatic carbocycles. The monoisotopic (exact) mass is 681 g/mol. The Labute approximate surface area is 260 Å². The van der Waals surface area contributed by atoms with Crippen LogP contribution in [0.4, 0.5) is 28.7 Å². The standard InChI is InChI=1S/C31H36IN7O3/c1-35-25-7-5-4-6-23(25)31(41)36(2)26-10-11-28(34-29(26)35)33-24-9-8-21(20-27(24)42-3)30(40)38-14-12-22(13-15-38)37-16-18-39(32)19-17-37/h4-11,20,22H,12-19H2,1-3H3,(H,33,34). The first kappa shape index (κ1) is 28.7. The van der Waals surface area contributed by atoms with Gasteiger partial charge in [-0.15, -0.1) is 0 Å². The molecule has 0 aliphatic carbocycles. The van der Waals surface area contributed by atoms with Crippen LogP contribution in [-0.2, 0) is 0 Å². The number of para-hydroxylation sites is 1. The van der Waals surface area contributed by atoms with Gasteiger partial charge in [0.1, 0.15) is 11.6 Å². The first-order valence-corrected chi connectivity index (χ1v) is 15.3. The Kier molecular flexibility index (Phi) is 8.24. The largest absolute Gasteiger partial charge is 0.495 e. The van der Waals surface area contributed by atoms with Crippen LogP contribution in [-0.4, -0.2) is 96.2 Å². The lowest BCUT2D eigenvalue weighted by molar-refractivity contribution is 0.0576. The molecule has 220 valence electrons. The Bertz CT molecular complexity index is 1490. The first-order valence-electron chi connectivity index (χ1n) is 14.3. The Morgan fingerprint density at radius 1 is 0.929 bits per heavy atom. The Morgan fingerprint density at radius 3 is 2.40 bits per heavy atom. The maximum atomic E-state index is 13.4. The number of piperazine rings is 1. The molecular weight excluding hydrogens is 645 g/mol. The van der Waals surface area contributed by atoms with Crippen molar-refractivity contribution in [2.24, 2.45) is 0 Å². The van der Waals surface area contributed by atoms with E-state index in [1.807, 2.05) is 65.4 Å². The van der Waals surface area contributed by atoms with Gasteiger partial charge in [-0.3, -0.25) is 14.5 Å². The number of rotatable bonds is 5. The van der Waals surface area contributed by atoms with Crippen LogP contribution in [0.3, 0.4) is 0 Å². The van der Waals surface area contributed by atoms with E-state index in [1.54, 1.807) is 25.1 Å². The van der Waals surface area contributed by atoms with Gasteiger partial charge in [-0.2, -0.15) is 0 Å². The van der Waals surface area contributed by atoms with Gasteiger partial charge < -0.3 is 24.8 Å². The minimum Gasteiger partial charge on any atom is -0.495 e. The quantitative estimate of drug-likeness (QED) is 0.305. The number of carbonyl (C=O) groups is 2. The van der Waals surface area contributed by atoms with E-state index in [-0.39, 0.29) is 11.8 Å². The van der Waals surface area contributed by atoms with Crippen molar-refractivity contribution in [3.63, 3.8) is 0 Å². The molecule has 3 aromatic rings. The Balaban J connectivity index is 1.17. The highest BCUT2D eigenvalue weighted by Gasteiger charge is 2.30. The summed E-state index contributed by atoms with van der Waals surface area (Å²) in [6.45, 7) is 5.94. The number of ether oxygens (including phenoxy) is 1. The maximum Gasteiger partial charge on any atom is 0.260 e. The van der Waals surface area contributed by atoms with Crippen molar-refractivity contribution in [3.05, 3.63) is 65.7 Å². The average Bonchev–Trinajstić information content (AvgIpc) is 3.10. The normalized spacial score (nSPS) is 18.4. The number of hydrogen-bond donors (Lipinski definition) is 1. The fourth-order valence-corrected chi connectivity index (χ4v) is 6.55. The number of nitrogens with one attached hydrogen (secondary N) is 1. The van der Waals surface area contributed by atoms with Gasteiger partial charge in [0.15, 0.2) is 5.82 Å². The van der Waals surface area contributed by atoms with E-state index in [2.05, 4.69) is 36.2 Å². The van der Waals surface area contributed by atoms with E-state index in [1.165, 1.54) is 0 Å². The minimum atomic E-state index is -0.0797. The average molecular weight is 682 g/mol. The molecule has 3 aliphatic heterocycles. The van der Waals surface area contributed by atoms with E-state index in [0.29, 0.717) is 45.9 Å². The molecule has 6 rings (SSSR count). The number of hydrogen-bond acceptors (Lipinski definition) is 8. The number of halogens is 1. The number of likely N-dealkylation sites (tertiary alicyclic amines) is 1. The molecule has 0 saturated carbocycles. The Morgan fingerprint density at radius 2 is 1.67 bits per heavy atom. The van der Waals surface area contributed by atoms with E-state index < -0.39 is 0 Å². The van der Waals surface area contributed by atoms with Crippen molar-refractivity contribution in [1.29, 1.82) is 0 Å². The van der Waals surface area contributed by atoms with Crippen molar-refractivity contribution in [1.82, 2.24) is 17.9 Å². The summed E-state index contributed by atoms with van der Waals surface area (Å²) in [6, 6.07) is 17.3. The third kappa shape index (κ3) is 5.52. The smallest absolute Gasteiger partial charge is 0.260 e. The fraction of sp³-hybridized carbons (Fsp3) is 0.387. The van der Waals surface area contributed by atoms with Crippen molar-refractivity contribution < 1.29 is 14.3 Å². The summed E-state index contributed by atoms with van der Waals surface area (Å²) < 4.78 is 8.04. The van der Waals surface area contributed by atoms with Gasteiger partial charge in [0.25, 0.3) is 11.8 Å².